The van der Waals surface area contributed by atoms with Crippen LogP contribution in [0.5, 0.6) is 0 Å². The highest BCUT2D eigenvalue weighted by Gasteiger charge is 2.43. The molecule has 0 radical (unpaired) electrons. The van der Waals surface area contributed by atoms with Crippen molar-refractivity contribution in [2.75, 3.05) is 13.6 Å². The number of likely N-dealkylation sites (N-methyl/N-ethyl adjacent to an activating group) is 1. The summed E-state index contributed by atoms with van der Waals surface area (Å²) in [7, 11) is 2.07. The number of allylic oxidation sites excluding steroid dienone is 2. The first kappa shape index (κ1) is 8.95. The molecule has 0 N–H and O–H groups in total. The molecular weight excluding hydrogens is 162 g/mol. The van der Waals surface area contributed by atoms with Crippen LogP contribution in [0.4, 0.5) is 0 Å². The van der Waals surface area contributed by atoms with Crippen LogP contribution < -0.4 is 0 Å². The predicted octanol–water partition coefficient (Wildman–Crippen LogP) is 1.62. The van der Waals surface area contributed by atoms with Crippen LogP contribution in [0.2, 0.25) is 0 Å². The van der Waals surface area contributed by atoms with E-state index < -0.39 is 0 Å². The number of Topliss-reactive ketones (excluding diaryl/α,β-unsaturated/α-hetero) is 1. The van der Waals surface area contributed by atoms with E-state index in [9.17, 15) is 4.79 Å². The van der Waals surface area contributed by atoms with Gasteiger partial charge in [0.15, 0.2) is 0 Å². The Hall–Kier alpha value is -0.630. The van der Waals surface area contributed by atoms with E-state index in [0.717, 1.165) is 13.0 Å². The molecule has 1 atom stereocenters. The third-order valence-electron chi connectivity index (χ3n) is 3.48. The van der Waals surface area contributed by atoms with Gasteiger partial charge in [-0.1, -0.05) is 12.2 Å². The van der Waals surface area contributed by atoms with Crippen LogP contribution in [0.25, 0.3) is 0 Å². The fourth-order valence-electron chi connectivity index (χ4n) is 2.77. The highest BCUT2D eigenvalue weighted by atomic mass is 16.1. The lowest BCUT2D eigenvalue weighted by molar-refractivity contribution is -0.120. The maximum Gasteiger partial charge on any atom is 0.146 e. The van der Waals surface area contributed by atoms with Gasteiger partial charge in [-0.3, -0.25) is 9.69 Å². The van der Waals surface area contributed by atoms with Crippen LogP contribution in [-0.4, -0.2) is 30.3 Å². The topological polar surface area (TPSA) is 20.3 Å². The lowest BCUT2D eigenvalue weighted by atomic mass is 9.82. The van der Waals surface area contributed by atoms with Crippen LogP contribution >= 0.6 is 0 Å². The van der Waals surface area contributed by atoms with E-state index in [1.807, 2.05) is 0 Å². The summed E-state index contributed by atoms with van der Waals surface area (Å²) in [6.07, 6.45) is 7.92. The van der Waals surface area contributed by atoms with Crippen LogP contribution in [0.3, 0.4) is 0 Å². The zero-order valence-corrected chi connectivity index (χ0v) is 8.42. The van der Waals surface area contributed by atoms with E-state index in [2.05, 4.69) is 24.1 Å². The molecule has 0 bridgehead atoms. The number of carbonyl (C=O) groups is 1. The average molecular weight is 179 g/mol. The molecule has 1 unspecified atom stereocenters. The average Bonchev–Trinajstić information content (AvgIpc) is 2.60. The molecule has 2 heteroatoms. The first-order valence-corrected chi connectivity index (χ1v) is 4.99. The number of likely N-dealkylation sites (tertiary alicyclic amines) is 1. The quantitative estimate of drug-likeness (QED) is 0.570. The molecule has 2 rings (SSSR count). The number of carbonyl (C=O) groups excluding carboxylic acids is 1. The Morgan fingerprint density at radius 3 is 2.54 bits per heavy atom. The minimum atomic E-state index is 0.180. The lowest BCUT2D eigenvalue weighted by Crippen LogP contribution is -2.31. The smallest absolute Gasteiger partial charge is 0.146 e. The second-order valence-corrected chi connectivity index (χ2v) is 4.63. The fourth-order valence-corrected chi connectivity index (χ4v) is 2.77. The van der Waals surface area contributed by atoms with Crippen molar-refractivity contribution in [3.63, 3.8) is 0 Å². The normalized spacial score (nSPS) is 31.7. The van der Waals surface area contributed by atoms with Crippen molar-refractivity contribution in [2.24, 2.45) is 5.41 Å². The second-order valence-electron chi connectivity index (χ2n) is 4.63. The first-order chi connectivity index (χ1) is 6.13. The van der Waals surface area contributed by atoms with Gasteiger partial charge in [0.05, 0.1) is 6.04 Å². The molecule has 1 aliphatic heterocycles. The van der Waals surface area contributed by atoms with E-state index in [1.54, 1.807) is 6.92 Å². The Labute approximate surface area is 79.6 Å². The first-order valence-electron chi connectivity index (χ1n) is 4.99. The third kappa shape index (κ3) is 1.44. The summed E-state index contributed by atoms with van der Waals surface area (Å²) in [5.74, 6) is 0.325. The molecule has 0 amide bonds. The van der Waals surface area contributed by atoms with Crippen molar-refractivity contribution < 1.29 is 4.79 Å². The molecule has 1 aliphatic carbocycles. The molecule has 1 fully saturated rings. The molecule has 72 valence electrons. The molecule has 0 saturated carbocycles. The van der Waals surface area contributed by atoms with Gasteiger partial charge in [0.25, 0.3) is 0 Å². The van der Waals surface area contributed by atoms with E-state index in [4.69, 9.17) is 0 Å². The standard InChI is InChI=1S/C11H17NO/c1-9(13)10-7-11(8-12(10)2)5-3-4-6-11/h3-4,10H,5-8H2,1-2H3. The summed E-state index contributed by atoms with van der Waals surface area (Å²) >= 11 is 0. The summed E-state index contributed by atoms with van der Waals surface area (Å²) in [6.45, 7) is 2.80. The van der Waals surface area contributed by atoms with Crippen molar-refractivity contribution in [1.82, 2.24) is 4.90 Å². The maximum absolute atomic E-state index is 11.3. The highest BCUT2D eigenvalue weighted by Crippen LogP contribution is 2.44. The minimum absolute atomic E-state index is 0.180. The van der Waals surface area contributed by atoms with Gasteiger partial charge < -0.3 is 0 Å². The van der Waals surface area contributed by atoms with Crippen molar-refractivity contribution in [3.05, 3.63) is 12.2 Å². The number of nitrogens with zero attached hydrogens (tertiary/aromatic N) is 1. The van der Waals surface area contributed by atoms with Crippen molar-refractivity contribution in [3.8, 4) is 0 Å². The van der Waals surface area contributed by atoms with Gasteiger partial charge in [0, 0.05) is 6.54 Å². The van der Waals surface area contributed by atoms with Crippen molar-refractivity contribution in [2.45, 2.75) is 32.2 Å². The molecule has 2 aliphatic rings. The van der Waals surface area contributed by atoms with Gasteiger partial charge in [0.1, 0.15) is 5.78 Å². The molecule has 13 heavy (non-hydrogen) atoms. The molecular formula is C11H17NO. The fraction of sp³-hybridized carbons (Fsp3) is 0.727. The monoisotopic (exact) mass is 179 g/mol. The van der Waals surface area contributed by atoms with Crippen molar-refractivity contribution >= 4 is 5.78 Å². The summed E-state index contributed by atoms with van der Waals surface area (Å²) < 4.78 is 0. The zero-order valence-electron chi connectivity index (χ0n) is 8.42. The number of ketones is 1. The SMILES string of the molecule is CC(=O)C1CC2(CC=CC2)CN1C. The van der Waals surface area contributed by atoms with E-state index >= 15 is 0 Å². The van der Waals surface area contributed by atoms with Gasteiger partial charge in [-0.2, -0.15) is 0 Å². The Bertz CT molecular complexity index is 249. The maximum atomic E-state index is 11.3. The number of hydrogen-bond acceptors (Lipinski definition) is 2. The second kappa shape index (κ2) is 2.95. The molecule has 0 aromatic heterocycles. The van der Waals surface area contributed by atoms with Crippen LogP contribution in [-0.2, 0) is 4.79 Å². The lowest BCUT2D eigenvalue weighted by Gasteiger charge is -2.21. The Morgan fingerprint density at radius 1 is 1.46 bits per heavy atom. The Balaban J connectivity index is 2.10. The number of rotatable bonds is 1. The van der Waals surface area contributed by atoms with Gasteiger partial charge in [-0.25, -0.2) is 0 Å². The van der Waals surface area contributed by atoms with E-state index in [-0.39, 0.29) is 6.04 Å². The van der Waals surface area contributed by atoms with Crippen molar-refractivity contribution in [1.29, 1.82) is 0 Å². The summed E-state index contributed by atoms with van der Waals surface area (Å²) in [5.41, 5.74) is 0.408. The Kier molecular flexibility index (Phi) is 2.03. The molecule has 0 aromatic rings. The van der Waals surface area contributed by atoms with Gasteiger partial charge in [-0.05, 0) is 38.6 Å². The highest BCUT2D eigenvalue weighted by molar-refractivity contribution is 5.81. The molecule has 0 aromatic carbocycles. The Morgan fingerprint density at radius 2 is 2.08 bits per heavy atom. The summed E-state index contributed by atoms with van der Waals surface area (Å²) in [5, 5.41) is 0. The third-order valence-corrected chi connectivity index (χ3v) is 3.48. The predicted molar refractivity (Wildman–Crippen MR) is 52.5 cm³/mol. The van der Waals surface area contributed by atoms with E-state index in [0.29, 0.717) is 11.2 Å². The molecule has 1 spiro atoms. The summed E-state index contributed by atoms with van der Waals surface area (Å²) in [6, 6.07) is 0.180. The largest absolute Gasteiger partial charge is 0.298 e. The zero-order chi connectivity index (χ0) is 9.47. The molecule has 1 heterocycles. The molecule has 2 nitrogen and oxygen atoms in total. The van der Waals surface area contributed by atoms with Crippen LogP contribution in [0, 0.1) is 5.41 Å². The van der Waals surface area contributed by atoms with Gasteiger partial charge in [-0.15, -0.1) is 0 Å². The van der Waals surface area contributed by atoms with E-state index in [1.165, 1.54) is 12.8 Å². The van der Waals surface area contributed by atoms with Gasteiger partial charge >= 0.3 is 0 Å². The minimum Gasteiger partial charge on any atom is -0.298 e. The summed E-state index contributed by atoms with van der Waals surface area (Å²) in [4.78, 5) is 13.6. The number of hydrogen-bond donors (Lipinski definition) is 0. The van der Waals surface area contributed by atoms with Gasteiger partial charge in [0.2, 0.25) is 0 Å². The van der Waals surface area contributed by atoms with Crippen LogP contribution in [0.15, 0.2) is 12.2 Å². The van der Waals surface area contributed by atoms with Crippen LogP contribution in [0.1, 0.15) is 26.2 Å². The molecule has 1 saturated heterocycles.